The molecule has 2 aromatic rings. The van der Waals surface area contributed by atoms with E-state index in [1.807, 2.05) is 25.1 Å². The smallest absolute Gasteiger partial charge is 0.262 e. The van der Waals surface area contributed by atoms with E-state index in [4.69, 9.17) is 4.74 Å². The van der Waals surface area contributed by atoms with Crippen LogP contribution in [0.5, 0.6) is 0 Å². The number of carbonyl (C=O) groups excluding carboxylic acids is 1. The molecular weight excluding hydrogens is 362 g/mol. The molecular formula is C20H27N3O3S. The fraction of sp³-hybridized carbons (Fsp3) is 0.550. The van der Waals surface area contributed by atoms with Gasteiger partial charge in [-0.3, -0.25) is 14.2 Å². The highest BCUT2D eigenvalue weighted by Crippen LogP contribution is 2.21. The molecule has 7 heteroatoms. The van der Waals surface area contributed by atoms with Crippen LogP contribution in [0.3, 0.4) is 0 Å². The molecule has 1 aliphatic rings. The number of aromatic nitrogens is 2. The minimum absolute atomic E-state index is 0.0309. The van der Waals surface area contributed by atoms with Crippen LogP contribution >= 0.6 is 11.8 Å². The molecule has 1 N–H and O–H groups in total. The van der Waals surface area contributed by atoms with Crippen molar-refractivity contribution in [3.05, 3.63) is 34.6 Å². The summed E-state index contributed by atoms with van der Waals surface area (Å²) in [5.74, 6) is 0.205. The number of nitrogens with one attached hydrogen (secondary N) is 1. The van der Waals surface area contributed by atoms with Crippen molar-refractivity contribution < 1.29 is 9.53 Å². The molecule has 2 atom stereocenters. The molecule has 1 aromatic carbocycles. The molecule has 2 heterocycles. The van der Waals surface area contributed by atoms with Gasteiger partial charge in [-0.1, -0.05) is 37.2 Å². The first-order valence-corrected chi connectivity index (χ1v) is 10.6. The van der Waals surface area contributed by atoms with Gasteiger partial charge in [-0.05, 0) is 38.3 Å². The highest BCUT2D eigenvalue weighted by Gasteiger charge is 2.20. The number of carbonyl (C=O) groups is 1. The number of ether oxygens (including phenoxy) is 1. The second kappa shape index (κ2) is 9.37. The summed E-state index contributed by atoms with van der Waals surface area (Å²) < 4.78 is 7.38. The number of benzene rings is 1. The molecule has 0 spiro atoms. The highest BCUT2D eigenvalue weighted by atomic mass is 32.2. The second-order valence-electron chi connectivity index (χ2n) is 7.01. The second-order valence-corrected chi connectivity index (χ2v) is 7.95. The molecule has 1 aromatic heterocycles. The summed E-state index contributed by atoms with van der Waals surface area (Å²) >= 11 is 1.31. The minimum Gasteiger partial charge on any atom is -0.376 e. The normalized spacial score (nSPS) is 17.9. The molecule has 0 aliphatic carbocycles. The quantitative estimate of drug-likeness (QED) is 0.555. The third-order valence-corrected chi connectivity index (χ3v) is 5.67. The summed E-state index contributed by atoms with van der Waals surface area (Å²) in [5.41, 5.74) is 0.590. The maximum Gasteiger partial charge on any atom is 0.262 e. The zero-order chi connectivity index (χ0) is 19.2. The number of nitrogens with zero attached hydrogens (tertiary/aromatic N) is 2. The molecule has 1 saturated heterocycles. The Balaban J connectivity index is 1.81. The molecule has 6 nitrogen and oxygen atoms in total. The molecule has 1 aliphatic heterocycles. The molecule has 0 saturated carbocycles. The first kappa shape index (κ1) is 19.9. The van der Waals surface area contributed by atoms with Crippen molar-refractivity contribution in [2.45, 2.75) is 63.4 Å². The Labute approximate surface area is 163 Å². The Morgan fingerprint density at radius 3 is 3.00 bits per heavy atom. The SMILES string of the molecule is CCC[C@H](C)NC(=O)CSc1nc2ccccc2c(=O)n1C[C@H]1CCCO1. The van der Waals surface area contributed by atoms with Crippen molar-refractivity contribution in [2.75, 3.05) is 12.4 Å². The van der Waals surface area contributed by atoms with Gasteiger partial charge >= 0.3 is 0 Å². The van der Waals surface area contributed by atoms with E-state index in [-0.39, 0.29) is 29.4 Å². The zero-order valence-corrected chi connectivity index (χ0v) is 16.8. The van der Waals surface area contributed by atoms with E-state index in [9.17, 15) is 9.59 Å². The lowest BCUT2D eigenvalue weighted by atomic mass is 10.2. The predicted octanol–water partition coefficient (Wildman–Crippen LogP) is 2.97. The van der Waals surface area contributed by atoms with Crippen LogP contribution in [0.2, 0.25) is 0 Å². The average Bonchev–Trinajstić information content (AvgIpc) is 3.16. The van der Waals surface area contributed by atoms with Gasteiger partial charge in [-0.15, -0.1) is 0 Å². The lowest BCUT2D eigenvalue weighted by molar-refractivity contribution is -0.119. The van der Waals surface area contributed by atoms with Crippen molar-refractivity contribution in [1.29, 1.82) is 0 Å². The molecule has 0 unspecified atom stereocenters. The highest BCUT2D eigenvalue weighted by molar-refractivity contribution is 7.99. The number of para-hydroxylation sites is 1. The van der Waals surface area contributed by atoms with E-state index in [2.05, 4.69) is 17.2 Å². The fourth-order valence-corrected chi connectivity index (χ4v) is 4.18. The monoisotopic (exact) mass is 389 g/mol. The van der Waals surface area contributed by atoms with E-state index in [0.29, 0.717) is 22.6 Å². The van der Waals surface area contributed by atoms with Gasteiger partial charge in [0, 0.05) is 12.6 Å². The topological polar surface area (TPSA) is 73.2 Å². The van der Waals surface area contributed by atoms with Crippen LogP contribution in [-0.2, 0) is 16.1 Å². The van der Waals surface area contributed by atoms with E-state index < -0.39 is 0 Å². The van der Waals surface area contributed by atoms with Gasteiger partial charge in [0.05, 0.1) is 29.3 Å². The summed E-state index contributed by atoms with van der Waals surface area (Å²) in [5, 5.41) is 4.17. The van der Waals surface area contributed by atoms with Gasteiger partial charge in [0.15, 0.2) is 5.16 Å². The maximum absolute atomic E-state index is 13.0. The van der Waals surface area contributed by atoms with Crippen molar-refractivity contribution in [3.8, 4) is 0 Å². The fourth-order valence-electron chi connectivity index (χ4n) is 3.36. The third kappa shape index (κ3) is 5.11. The van der Waals surface area contributed by atoms with Gasteiger partial charge in [0.2, 0.25) is 5.91 Å². The molecule has 1 fully saturated rings. The first-order chi connectivity index (χ1) is 13.1. The molecule has 146 valence electrons. The number of hydrogen-bond acceptors (Lipinski definition) is 5. The standard InChI is InChI=1S/C20H27N3O3S/c1-3-7-14(2)21-18(24)13-27-20-22-17-10-5-4-9-16(17)19(25)23(20)12-15-8-6-11-26-15/h4-5,9-10,14-15H,3,6-8,11-13H2,1-2H3,(H,21,24)/t14-,15+/m0/s1. The van der Waals surface area contributed by atoms with Crippen LogP contribution in [0.1, 0.15) is 39.5 Å². The number of thioether (sulfide) groups is 1. The predicted molar refractivity (Wildman–Crippen MR) is 108 cm³/mol. The van der Waals surface area contributed by atoms with Gasteiger partial charge in [0.1, 0.15) is 0 Å². The maximum atomic E-state index is 13.0. The molecule has 27 heavy (non-hydrogen) atoms. The van der Waals surface area contributed by atoms with E-state index in [0.717, 1.165) is 32.3 Å². The average molecular weight is 390 g/mol. The van der Waals surface area contributed by atoms with Crippen molar-refractivity contribution in [2.24, 2.45) is 0 Å². The number of amides is 1. The van der Waals surface area contributed by atoms with Gasteiger partial charge in [-0.25, -0.2) is 4.98 Å². The molecule has 1 amide bonds. The van der Waals surface area contributed by atoms with Crippen LogP contribution < -0.4 is 10.9 Å². The Bertz CT molecular complexity index is 846. The molecule has 3 rings (SSSR count). The summed E-state index contributed by atoms with van der Waals surface area (Å²) in [4.78, 5) is 29.9. The van der Waals surface area contributed by atoms with Gasteiger partial charge in [0.25, 0.3) is 5.56 Å². The van der Waals surface area contributed by atoms with Gasteiger partial charge in [-0.2, -0.15) is 0 Å². The van der Waals surface area contributed by atoms with Crippen molar-refractivity contribution >= 4 is 28.6 Å². The Hall–Kier alpha value is -1.86. The van der Waals surface area contributed by atoms with Gasteiger partial charge < -0.3 is 10.1 Å². The summed E-state index contributed by atoms with van der Waals surface area (Å²) in [6.45, 7) is 5.32. The van der Waals surface area contributed by atoms with Crippen LogP contribution in [0.4, 0.5) is 0 Å². The number of rotatable bonds is 8. The van der Waals surface area contributed by atoms with Crippen LogP contribution in [0, 0.1) is 0 Å². The van der Waals surface area contributed by atoms with Crippen LogP contribution in [0.15, 0.2) is 34.2 Å². The zero-order valence-electron chi connectivity index (χ0n) is 15.9. The number of fused-ring (bicyclic) bond motifs is 1. The van der Waals surface area contributed by atoms with E-state index >= 15 is 0 Å². The lowest BCUT2D eigenvalue weighted by Gasteiger charge is -2.17. The lowest BCUT2D eigenvalue weighted by Crippen LogP contribution is -2.34. The van der Waals surface area contributed by atoms with Crippen LogP contribution in [-0.4, -0.2) is 40.0 Å². The number of hydrogen-bond donors (Lipinski definition) is 1. The van der Waals surface area contributed by atoms with Crippen molar-refractivity contribution in [3.63, 3.8) is 0 Å². The minimum atomic E-state index is -0.0710. The van der Waals surface area contributed by atoms with E-state index in [1.54, 1.807) is 10.6 Å². The molecule has 0 radical (unpaired) electrons. The summed E-state index contributed by atoms with van der Waals surface area (Å²) in [7, 11) is 0. The van der Waals surface area contributed by atoms with Crippen LogP contribution in [0.25, 0.3) is 10.9 Å². The summed E-state index contributed by atoms with van der Waals surface area (Å²) in [6, 6.07) is 7.50. The first-order valence-electron chi connectivity index (χ1n) is 9.61. The largest absolute Gasteiger partial charge is 0.376 e. The summed E-state index contributed by atoms with van der Waals surface area (Å²) in [6.07, 6.45) is 3.97. The Kier molecular flexibility index (Phi) is 6.90. The van der Waals surface area contributed by atoms with Crippen molar-refractivity contribution in [1.82, 2.24) is 14.9 Å². The Morgan fingerprint density at radius 1 is 1.44 bits per heavy atom. The Morgan fingerprint density at radius 2 is 2.26 bits per heavy atom. The third-order valence-electron chi connectivity index (χ3n) is 4.70. The van der Waals surface area contributed by atoms with E-state index in [1.165, 1.54) is 11.8 Å². The molecule has 0 bridgehead atoms.